The van der Waals surface area contributed by atoms with Crippen LogP contribution in [0.5, 0.6) is 0 Å². The summed E-state index contributed by atoms with van der Waals surface area (Å²) in [5, 5.41) is 8.84. The summed E-state index contributed by atoms with van der Waals surface area (Å²) in [4.78, 5) is 26.5. The van der Waals surface area contributed by atoms with Crippen LogP contribution in [0.15, 0.2) is 24.3 Å². The predicted octanol–water partition coefficient (Wildman–Crippen LogP) is 0.973. The third kappa shape index (κ3) is 2.56. The van der Waals surface area contributed by atoms with E-state index in [9.17, 15) is 9.59 Å². The van der Waals surface area contributed by atoms with Gasteiger partial charge in [-0.1, -0.05) is 6.07 Å². The Labute approximate surface area is 110 Å². The van der Waals surface area contributed by atoms with Gasteiger partial charge in [0.05, 0.1) is 23.9 Å². The molecule has 3 amide bonds. The number of carbonyl (C=O) groups excluding carboxylic acids is 2. The third-order valence-corrected chi connectivity index (χ3v) is 2.84. The molecule has 0 aromatic heterocycles. The fraction of sp³-hybridized carbons (Fsp3) is 0.308. The first-order chi connectivity index (χ1) is 9.17. The van der Waals surface area contributed by atoms with Gasteiger partial charge in [-0.15, -0.1) is 0 Å². The van der Waals surface area contributed by atoms with Crippen molar-refractivity contribution in [2.75, 3.05) is 31.7 Å². The summed E-state index contributed by atoms with van der Waals surface area (Å²) in [6.45, 7) is 0.791. The van der Waals surface area contributed by atoms with E-state index in [2.05, 4.69) is 0 Å². The molecular formula is C13H13N3O3. The first-order valence-electron chi connectivity index (χ1n) is 5.78. The average molecular weight is 259 g/mol. The Bertz CT molecular complexity index is 550. The van der Waals surface area contributed by atoms with Gasteiger partial charge in [-0.05, 0) is 18.2 Å². The normalized spacial score (nSPS) is 14.9. The number of urea groups is 1. The van der Waals surface area contributed by atoms with Crippen LogP contribution in [0, 0.1) is 11.3 Å². The van der Waals surface area contributed by atoms with Crippen molar-refractivity contribution in [1.29, 1.82) is 5.26 Å². The fourth-order valence-electron chi connectivity index (χ4n) is 1.89. The van der Waals surface area contributed by atoms with Crippen LogP contribution < -0.4 is 4.90 Å². The van der Waals surface area contributed by atoms with Crippen molar-refractivity contribution in [1.82, 2.24) is 4.90 Å². The number of hydrogen-bond donors (Lipinski definition) is 0. The van der Waals surface area contributed by atoms with Gasteiger partial charge in [-0.2, -0.15) is 5.26 Å². The second-order valence-corrected chi connectivity index (χ2v) is 4.09. The van der Waals surface area contributed by atoms with Crippen LogP contribution in [0.2, 0.25) is 0 Å². The molecule has 0 aliphatic carbocycles. The minimum absolute atomic E-state index is 0.0406. The maximum atomic E-state index is 12.1. The van der Waals surface area contributed by atoms with E-state index in [1.165, 1.54) is 18.1 Å². The predicted molar refractivity (Wildman–Crippen MR) is 67.5 cm³/mol. The molecule has 1 aromatic rings. The van der Waals surface area contributed by atoms with Crippen LogP contribution in [0.4, 0.5) is 10.5 Å². The van der Waals surface area contributed by atoms with Crippen molar-refractivity contribution in [2.24, 2.45) is 0 Å². The molecule has 6 nitrogen and oxygen atoms in total. The summed E-state index contributed by atoms with van der Waals surface area (Å²) < 4.78 is 4.90. The first-order valence-corrected chi connectivity index (χ1v) is 5.78. The molecule has 19 heavy (non-hydrogen) atoms. The van der Waals surface area contributed by atoms with Gasteiger partial charge in [0, 0.05) is 13.7 Å². The van der Waals surface area contributed by atoms with Gasteiger partial charge >= 0.3 is 6.03 Å². The van der Waals surface area contributed by atoms with Gasteiger partial charge in [0.2, 0.25) is 0 Å². The van der Waals surface area contributed by atoms with E-state index < -0.39 is 0 Å². The number of anilines is 1. The molecule has 0 atom stereocenters. The van der Waals surface area contributed by atoms with Crippen molar-refractivity contribution in [3.63, 3.8) is 0 Å². The zero-order valence-corrected chi connectivity index (χ0v) is 10.5. The standard InChI is InChI=1S/C13H13N3O3/c1-19-6-5-15-9-12(17)16(13(15)18)11-4-2-3-10(7-11)8-14/h2-4,7H,5-6,9H2,1H3. The van der Waals surface area contributed by atoms with E-state index in [-0.39, 0.29) is 18.5 Å². The van der Waals surface area contributed by atoms with Crippen molar-refractivity contribution >= 4 is 17.6 Å². The van der Waals surface area contributed by atoms with Gasteiger partial charge in [0.25, 0.3) is 5.91 Å². The number of ether oxygens (including phenoxy) is 1. The summed E-state index contributed by atoms with van der Waals surface area (Å²) in [6, 6.07) is 8.03. The SMILES string of the molecule is COCCN1CC(=O)N(c2cccc(C#N)c2)C1=O. The summed E-state index contributed by atoms with van der Waals surface area (Å²) in [5.41, 5.74) is 0.836. The second-order valence-electron chi connectivity index (χ2n) is 4.09. The van der Waals surface area contributed by atoms with Crippen LogP contribution >= 0.6 is 0 Å². The molecule has 1 heterocycles. The molecule has 0 radical (unpaired) electrons. The molecule has 0 bridgehead atoms. The van der Waals surface area contributed by atoms with Crippen molar-refractivity contribution in [3.05, 3.63) is 29.8 Å². The van der Waals surface area contributed by atoms with E-state index >= 15 is 0 Å². The van der Waals surface area contributed by atoms with Gasteiger partial charge in [0.15, 0.2) is 0 Å². The van der Waals surface area contributed by atoms with E-state index in [1.54, 1.807) is 18.2 Å². The summed E-state index contributed by atoms with van der Waals surface area (Å²) in [5.74, 6) is -0.295. The molecule has 98 valence electrons. The molecule has 1 aliphatic heterocycles. The van der Waals surface area contributed by atoms with E-state index in [4.69, 9.17) is 10.00 Å². The number of carbonyl (C=O) groups is 2. The lowest BCUT2D eigenvalue weighted by Crippen LogP contribution is -2.34. The average Bonchev–Trinajstić information content (AvgIpc) is 2.71. The lowest BCUT2D eigenvalue weighted by atomic mass is 10.2. The number of rotatable bonds is 4. The lowest BCUT2D eigenvalue weighted by Gasteiger charge is -2.16. The summed E-state index contributed by atoms with van der Waals surface area (Å²) in [7, 11) is 1.54. The van der Waals surface area contributed by atoms with Crippen molar-refractivity contribution in [3.8, 4) is 6.07 Å². The first kappa shape index (κ1) is 13.1. The molecule has 1 saturated heterocycles. The highest BCUT2D eigenvalue weighted by Crippen LogP contribution is 2.22. The topological polar surface area (TPSA) is 73.6 Å². The minimum Gasteiger partial charge on any atom is -0.383 e. The number of hydrogen-bond acceptors (Lipinski definition) is 4. The van der Waals surface area contributed by atoms with E-state index in [0.29, 0.717) is 24.4 Å². The number of benzene rings is 1. The Balaban J connectivity index is 2.22. The van der Waals surface area contributed by atoms with Gasteiger partial charge < -0.3 is 9.64 Å². The summed E-state index contributed by atoms with van der Waals surface area (Å²) in [6.07, 6.45) is 0. The van der Waals surface area contributed by atoms with Crippen LogP contribution in [-0.4, -0.2) is 43.6 Å². The highest BCUT2D eigenvalue weighted by molar-refractivity contribution is 6.19. The van der Waals surface area contributed by atoms with Gasteiger partial charge in [-0.3, -0.25) is 4.79 Å². The zero-order chi connectivity index (χ0) is 13.8. The maximum absolute atomic E-state index is 12.1. The Hall–Kier alpha value is -2.39. The van der Waals surface area contributed by atoms with Gasteiger partial charge in [0.1, 0.15) is 6.54 Å². The molecule has 2 rings (SSSR count). The Morgan fingerprint density at radius 1 is 1.42 bits per heavy atom. The summed E-state index contributed by atoms with van der Waals surface area (Å²) >= 11 is 0. The Kier molecular flexibility index (Phi) is 3.78. The number of methoxy groups -OCH3 is 1. The highest BCUT2D eigenvalue weighted by atomic mass is 16.5. The fourth-order valence-corrected chi connectivity index (χ4v) is 1.89. The molecular weight excluding hydrogens is 246 g/mol. The number of nitrogens with zero attached hydrogens (tertiary/aromatic N) is 3. The Morgan fingerprint density at radius 2 is 2.21 bits per heavy atom. The van der Waals surface area contributed by atoms with Crippen LogP contribution in [-0.2, 0) is 9.53 Å². The minimum atomic E-state index is -0.378. The van der Waals surface area contributed by atoms with E-state index in [1.807, 2.05) is 6.07 Å². The van der Waals surface area contributed by atoms with E-state index in [0.717, 1.165) is 4.90 Å². The maximum Gasteiger partial charge on any atom is 0.331 e. The second kappa shape index (κ2) is 5.50. The molecule has 1 aliphatic rings. The molecule has 0 spiro atoms. The lowest BCUT2D eigenvalue weighted by molar-refractivity contribution is -0.116. The smallest absolute Gasteiger partial charge is 0.331 e. The largest absolute Gasteiger partial charge is 0.383 e. The highest BCUT2D eigenvalue weighted by Gasteiger charge is 2.36. The third-order valence-electron chi connectivity index (χ3n) is 2.84. The quantitative estimate of drug-likeness (QED) is 0.755. The molecule has 0 unspecified atom stereocenters. The van der Waals surface area contributed by atoms with Gasteiger partial charge in [-0.25, -0.2) is 9.69 Å². The van der Waals surface area contributed by atoms with Crippen LogP contribution in [0.25, 0.3) is 0 Å². The Morgan fingerprint density at radius 3 is 2.89 bits per heavy atom. The van der Waals surface area contributed by atoms with Crippen molar-refractivity contribution in [2.45, 2.75) is 0 Å². The van der Waals surface area contributed by atoms with Crippen molar-refractivity contribution < 1.29 is 14.3 Å². The number of amides is 3. The molecule has 1 fully saturated rings. The molecule has 6 heteroatoms. The van der Waals surface area contributed by atoms with Crippen LogP contribution in [0.3, 0.4) is 0 Å². The monoisotopic (exact) mass is 259 g/mol. The number of imide groups is 1. The molecule has 0 saturated carbocycles. The van der Waals surface area contributed by atoms with Crippen LogP contribution in [0.1, 0.15) is 5.56 Å². The zero-order valence-electron chi connectivity index (χ0n) is 10.5. The number of nitriles is 1. The molecule has 0 N–H and O–H groups in total. The molecule has 1 aromatic carbocycles.